The minimum Gasteiger partial charge on any atom is -0.274 e. The lowest BCUT2D eigenvalue weighted by Gasteiger charge is -2.33. The first kappa shape index (κ1) is 23.0. The third-order valence-electron chi connectivity index (χ3n) is 6.30. The van der Waals surface area contributed by atoms with E-state index in [0.29, 0.717) is 23.6 Å². The molecule has 0 N–H and O–H groups in total. The standard InChI is InChI=1S/C24H27ClN2O4S/c1-17-8-14-21(15-9-17)32(30,31)27(20-6-4-2-3-5-7-20)22-16-23(28)26(24(22)29)19-12-10-18(25)11-13-19/h8-15,20,22H,2-7,16H2,1H3. The largest absolute Gasteiger partial charge is 0.274 e. The first-order chi connectivity index (χ1) is 15.3. The Kier molecular flexibility index (Phi) is 6.70. The van der Waals surface area contributed by atoms with Gasteiger partial charge in [0.2, 0.25) is 15.9 Å². The molecule has 2 fully saturated rings. The second kappa shape index (κ2) is 9.33. The van der Waals surface area contributed by atoms with Gasteiger partial charge in [-0.25, -0.2) is 13.3 Å². The Labute approximate surface area is 194 Å². The summed E-state index contributed by atoms with van der Waals surface area (Å²) in [5.74, 6) is -0.905. The summed E-state index contributed by atoms with van der Waals surface area (Å²) in [4.78, 5) is 27.6. The van der Waals surface area contributed by atoms with Gasteiger partial charge in [0, 0.05) is 11.1 Å². The minimum absolute atomic E-state index is 0.150. The van der Waals surface area contributed by atoms with Crippen LogP contribution in [-0.2, 0) is 19.6 Å². The number of imide groups is 1. The number of sulfonamides is 1. The predicted octanol–water partition coefficient (Wildman–Crippen LogP) is 4.69. The quantitative estimate of drug-likeness (QED) is 0.465. The fraction of sp³-hybridized carbons (Fsp3) is 0.417. The molecule has 2 aliphatic rings. The van der Waals surface area contributed by atoms with Gasteiger partial charge in [-0.3, -0.25) is 9.59 Å². The molecule has 2 aromatic carbocycles. The first-order valence-electron chi connectivity index (χ1n) is 11.0. The normalized spacial score (nSPS) is 20.7. The van der Waals surface area contributed by atoms with Gasteiger partial charge in [0.25, 0.3) is 5.91 Å². The van der Waals surface area contributed by atoms with Crippen LogP contribution < -0.4 is 4.90 Å². The second-order valence-corrected chi connectivity index (χ2v) is 10.8. The molecular formula is C24H27ClN2O4S. The maximum Gasteiger partial charge on any atom is 0.252 e. The molecule has 2 aromatic rings. The molecule has 4 rings (SSSR count). The summed E-state index contributed by atoms with van der Waals surface area (Å²) >= 11 is 5.95. The molecule has 32 heavy (non-hydrogen) atoms. The Morgan fingerprint density at radius 3 is 2.09 bits per heavy atom. The van der Waals surface area contributed by atoms with E-state index < -0.39 is 27.9 Å². The number of hydrogen-bond donors (Lipinski definition) is 0. The smallest absolute Gasteiger partial charge is 0.252 e. The zero-order valence-electron chi connectivity index (χ0n) is 18.0. The molecule has 8 heteroatoms. The Morgan fingerprint density at radius 1 is 0.906 bits per heavy atom. The Balaban J connectivity index is 1.74. The van der Waals surface area contributed by atoms with E-state index >= 15 is 0 Å². The van der Waals surface area contributed by atoms with Crippen LogP contribution in [0.5, 0.6) is 0 Å². The topological polar surface area (TPSA) is 74.8 Å². The van der Waals surface area contributed by atoms with Crippen LogP contribution in [-0.4, -0.2) is 36.6 Å². The van der Waals surface area contributed by atoms with E-state index in [2.05, 4.69) is 0 Å². The minimum atomic E-state index is -3.97. The molecule has 1 atom stereocenters. The molecule has 0 spiro atoms. The highest BCUT2D eigenvalue weighted by atomic mass is 35.5. The molecule has 0 radical (unpaired) electrons. The number of anilines is 1. The highest BCUT2D eigenvalue weighted by Crippen LogP contribution is 2.35. The van der Waals surface area contributed by atoms with Gasteiger partial charge in [-0.15, -0.1) is 0 Å². The molecule has 0 aromatic heterocycles. The third kappa shape index (κ3) is 4.47. The summed E-state index contributed by atoms with van der Waals surface area (Å²) in [6.07, 6.45) is 5.10. The number of halogens is 1. The van der Waals surface area contributed by atoms with E-state index in [-0.39, 0.29) is 17.4 Å². The zero-order valence-corrected chi connectivity index (χ0v) is 19.6. The van der Waals surface area contributed by atoms with Crippen molar-refractivity contribution in [1.82, 2.24) is 4.31 Å². The number of carbonyl (C=O) groups excluding carboxylic acids is 2. The number of carbonyl (C=O) groups is 2. The van der Waals surface area contributed by atoms with Gasteiger partial charge in [-0.05, 0) is 56.2 Å². The van der Waals surface area contributed by atoms with Gasteiger partial charge < -0.3 is 0 Å². The van der Waals surface area contributed by atoms with Crippen LogP contribution in [0.4, 0.5) is 5.69 Å². The van der Waals surface area contributed by atoms with Gasteiger partial charge in [0.15, 0.2) is 0 Å². The van der Waals surface area contributed by atoms with Crippen molar-refractivity contribution < 1.29 is 18.0 Å². The van der Waals surface area contributed by atoms with Crippen molar-refractivity contribution in [1.29, 1.82) is 0 Å². The number of aryl methyl sites for hydroxylation is 1. The molecule has 6 nitrogen and oxygen atoms in total. The van der Waals surface area contributed by atoms with Crippen LogP contribution in [0, 0.1) is 6.92 Å². The molecule has 0 bridgehead atoms. The molecule has 170 valence electrons. The highest BCUT2D eigenvalue weighted by Gasteiger charge is 2.49. The predicted molar refractivity (Wildman–Crippen MR) is 124 cm³/mol. The van der Waals surface area contributed by atoms with E-state index in [0.717, 1.165) is 36.1 Å². The van der Waals surface area contributed by atoms with Crippen molar-refractivity contribution >= 4 is 39.1 Å². The lowest BCUT2D eigenvalue weighted by atomic mass is 10.1. The molecule has 1 heterocycles. The fourth-order valence-corrected chi connectivity index (χ4v) is 6.59. The number of nitrogens with zero attached hydrogens (tertiary/aromatic N) is 2. The van der Waals surface area contributed by atoms with E-state index in [1.807, 2.05) is 6.92 Å². The van der Waals surface area contributed by atoms with Gasteiger partial charge in [-0.1, -0.05) is 55.0 Å². The molecule has 2 amide bonds. The summed E-state index contributed by atoms with van der Waals surface area (Å²) in [6, 6.07) is 11.7. The zero-order chi connectivity index (χ0) is 22.9. The summed E-state index contributed by atoms with van der Waals surface area (Å²) in [5, 5.41) is 0.492. The average Bonchev–Trinajstić information content (AvgIpc) is 2.93. The fourth-order valence-electron chi connectivity index (χ4n) is 4.64. The first-order valence-corrected chi connectivity index (χ1v) is 12.8. The average molecular weight is 475 g/mol. The van der Waals surface area contributed by atoms with Crippen molar-refractivity contribution in [2.75, 3.05) is 4.90 Å². The van der Waals surface area contributed by atoms with Crippen LogP contribution in [0.3, 0.4) is 0 Å². The molecule has 1 saturated carbocycles. The van der Waals surface area contributed by atoms with Gasteiger partial charge in [0.05, 0.1) is 17.0 Å². The lowest BCUT2D eigenvalue weighted by molar-refractivity contribution is -0.122. The Bertz CT molecular complexity index is 1090. The van der Waals surface area contributed by atoms with E-state index in [1.165, 1.54) is 4.31 Å². The molecular weight excluding hydrogens is 448 g/mol. The van der Waals surface area contributed by atoms with Crippen molar-refractivity contribution in [3.63, 3.8) is 0 Å². The van der Waals surface area contributed by atoms with E-state index in [1.54, 1.807) is 48.5 Å². The van der Waals surface area contributed by atoms with Crippen molar-refractivity contribution in [2.24, 2.45) is 0 Å². The highest BCUT2D eigenvalue weighted by molar-refractivity contribution is 7.89. The maximum absolute atomic E-state index is 13.8. The van der Waals surface area contributed by atoms with Crippen molar-refractivity contribution in [3.05, 3.63) is 59.1 Å². The molecule has 1 saturated heterocycles. The molecule has 1 aliphatic carbocycles. The van der Waals surface area contributed by atoms with Crippen LogP contribution >= 0.6 is 11.6 Å². The van der Waals surface area contributed by atoms with Crippen molar-refractivity contribution in [2.45, 2.75) is 68.8 Å². The van der Waals surface area contributed by atoms with Crippen LogP contribution in [0.2, 0.25) is 5.02 Å². The van der Waals surface area contributed by atoms with Gasteiger partial charge >= 0.3 is 0 Å². The van der Waals surface area contributed by atoms with Gasteiger partial charge in [0.1, 0.15) is 6.04 Å². The Hall–Kier alpha value is -2.22. The van der Waals surface area contributed by atoms with Crippen molar-refractivity contribution in [3.8, 4) is 0 Å². The van der Waals surface area contributed by atoms with E-state index in [4.69, 9.17) is 11.6 Å². The number of hydrogen-bond acceptors (Lipinski definition) is 4. The monoisotopic (exact) mass is 474 g/mol. The maximum atomic E-state index is 13.8. The Morgan fingerprint density at radius 2 is 1.50 bits per heavy atom. The summed E-state index contributed by atoms with van der Waals surface area (Å²) in [5.41, 5.74) is 1.35. The SMILES string of the molecule is Cc1ccc(S(=O)(=O)N(C2CCCCCC2)C2CC(=O)N(c3ccc(Cl)cc3)C2=O)cc1. The lowest BCUT2D eigenvalue weighted by Crippen LogP contribution is -2.50. The summed E-state index contributed by atoms with van der Waals surface area (Å²) in [6.45, 7) is 1.89. The summed E-state index contributed by atoms with van der Waals surface area (Å²) < 4.78 is 29.0. The number of amides is 2. The van der Waals surface area contributed by atoms with Crippen LogP contribution in [0.15, 0.2) is 53.4 Å². The molecule has 1 aliphatic heterocycles. The number of rotatable bonds is 5. The summed E-state index contributed by atoms with van der Waals surface area (Å²) in [7, 11) is -3.97. The van der Waals surface area contributed by atoms with Crippen LogP contribution in [0.25, 0.3) is 0 Å². The van der Waals surface area contributed by atoms with Gasteiger partial charge in [-0.2, -0.15) is 4.31 Å². The van der Waals surface area contributed by atoms with E-state index in [9.17, 15) is 18.0 Å². The third-order valence-corrected chi connectivity index (χ3v) is 8.52. The van der Waals surface area contributed by atoms with Crippen LogP contribution in [0.1, 0.15) is 50.5 Å². The number of benzene rings is 2. The second-order valence-electron chi connectivity index (χ2n) is 8.56. The molecule has 1 unspecified atom stereocenters.